The Labute approximate surface area is 108 Å². The highest BCUT2D eigenvalue weighted by Gasteiger charge is 2.41. The number of rotatable bonds is 6. The molecular weight excluding hydrogens is 210 g/mol. The molecule has 1 aliphatic rings. The highest BCUT2D eigenvalue weighted by atomic mass is 16.5. The molecule has 1 saturated carbocycles. The molecule has 17 heavy (non-hydrogen) atoms. The molecule has 2 nitrogen and oxygen atoms in total. The molecular formula is C15H31NO. The van der Waals surface area contributed by atoms with Gasteiger partial charge >= 0.3 is 0 Å². The summed E-state index contributed by atoms with van der Waals surface area (Å²) in [5.41, 5.74) is 0.0846. The van der Waals surface area contributed by atoms with Crippen LogP contribution in [0, 0.1) is 11.8 Å². The molecule has 0 saturated heterocycles. The van der Waals surface area contributed by atoms with Crippen LogP contribution < -0.4 is 5.32 Å². The van der Waals surface area contributed by atoms with Gasteiger partial charge in [0.15, 0.2) is 0 Å². The van der Waals surface area contributed by atoms with E-state index in [0.717, 1.165) is 11.8 Å². The minimum atomic E-state index is 0.0846. The van der Waals surface area contributed by atoms with Gasteiger partial charge in [0.25, 0.3) is 0 Å². The van der Waals surface area contributed by atoms with Crippen molar-refractivity contribution < 1.29 is 4.74 Å². The third-order valence-corrected chi connectivity index (χ3v) is 4.41. The molecule has 0 heterocycles. The van der Waals surface area contributed by atoms with E-state index in [0.29, 0.717) is 6.04 Å². The van der Waals surface area contributed by atoms with Crippen LogP contribution in [0.4, 0.5) is 0 Å². The predicted molar refractivity (Wildman–Crippen MR) is 74.3 cm³/mol. The second kappa shape index (κ2) is 6.75. The third-order valence-electron chi connectivity index (χ3n) is 4.41. The Morgan fingerprint density at radius 2 is 2.06 bits per heavy atom. The van der Waals surface area contributed by atoms with Crippen LogP contribution in [0.15, 0.2) is 0 Å². The lowest BCUT2D eigenvalue weighted by Gasteiger charge is -2.45. The summed E-state index contributed by atoms with van der Waals surface area (Å²) in [6.45, 7) is 6.97. The van der Waals surface area contributed by atoms with Crippen molar-refractivity contribution >= 4 is 0 Å². The van der Waals surface area contributed by atoms with Crippen molar-refractivity contribution in [2.75, 3.05) is 14.2 Å². The zero-order valence-electron chi connectivity index (χ0n) is 12.4. The summed E-state index contributed by atoms with van der Waals surface area (Å²) in [6.07, 6.45) is 7.63. The van der Waals surface area contributed by atoms with Crippen molar-refractivity contribution in [1.82, 2.24) is 5.32 Å². The summed E-state index contributed by atoms with van der Waals surface area (Å²) >= 11 is 0. The first-order valence-electron chi connectivity index (χ1n) is 7.26. The summed E-state index contributed by atoms with van der Waals surface area (Å²) in [4.78, 5) is 0. The van der Waals surface area contributed by atoms with Gasteiger partial charge in [-0.25, -0.2) is 0 Å². The maximum Gasteiger partial charge on any atom is 0.0833 e. The molecule has 1 aliphatic carbocycles. The van der Waals surface area contributed by atoms with Crippen LogP contribution in [0.1, 0.15) is 59.3 Å². The van der Waals surface area contributed by atoms with Gasteiger partial charge in [-0.1, -0.05) is 33.6 Å². The van der Waals surface area contributed by atoms with Crippen molar-refractivity contribution in [2.24, 2.45) is 11.8 Å². The molecule has 102 valence electrons. The summed E-state index contributed by atoms with van der Waals surface area (Å²) in [5, 5.41) is 3.51. The summed E-state index contributed by atoms with van der Waals surface area (Å²) in [5.74, 6) is 1.58. The maximum atomic E-state index is 5.97. The molecule has 3 unspecified atom stereocenters. The normalized spacial score (nSPS) is 31.8. The van der Waals surface area contributed by atoms with Crippen molar-refractivity contribution in [2.45, 2.75) is 70.9 Å². The van der Waals surface area contributed by atoms with Crippen LogP contribution in [0.25, 0.3) is 0 Å². The van der Waals surface area contributed by atoms with Crippen LogP contribution in [-0.4, -0.2) is 25.8 Å². The SMILES string of the molecule is CNC(CCC(C)C)C1(OC)CCCC(C)C1. The van der Waals surface area contributed by atoms with E-state index in [1.54, 1.807) is 0 Å². The molecule has 0 aliphatic heterocycles. The molecule has 0 bridgehead atoms. The van der Waals surface area contributed by atoms with Crippen LogP contribution in [0.2, 0.25) is 0 Å². The molecule has 0 radical (unpaired) electrons. The Balaban J connectivity index is 2.66. The van der Waals surface area contributed by atoms with E-state index in [2.05, 4.69) is 33.1 Å². The molecule has 0 aromatic rings. The topological polar surface area (TPSA) is 21.3 Å². The predicted octanol–water partition coefficient (Wildman–Crippen LogP) is 3.61. The first-order valence-corrected chi connectivity index (χ1v) is 7.26. The van der Waals surface area contributed by atoms with Crippen molar-refractivity contribution in [3.05, 3.63) is 0 Å². The molecule has 2 heteroatoms. The fraction of sp³-hybridized carbons (Fsp3) is 1.00. The lowest BCUT2D eigenvalue weighted by atomic mass is 9.73. The number of nitrogens with one attached hydrogen (secondary N) is 1. The van der Waals surface area contributed by atoms with E-state index in [1.807, 2.05) is 7.11 Å². The van der Waals surface area contributed by atoms with Crippen LogP contribution >= 0.6 is 0 Å². The number of hydrogen-bond donors (Lipinski definition) is 1. The largest absolute Gasteiger partial charge is 0.377 e. The molecule has 0 aromatic heterocycles. The Hall–Kier alpha value is -0.0800. The minimum Gasteiger partial charge on any atom is -0.377 e. The Morgan fingerprint density at radius 3 is 2.53 bits per heavy atom. The third kappa shape index (κ3) is 3.96. The smallest absolute Gasteiger partial charge is 0.0833 e. The average molecular weight is 241 g/mol. The number of likely N-dealkylation sites (N-methyl/N-ethyl adjacent to an activating group) is 1. The van der Waals surface area contributed by atoms with E-state index in [9.17, 15) is 0 Å². The zero-order valence-corrected chi connectivity index (χ0v) is 12.4. The second-order valence-corrected chi connectivity index (χ2v) is 6.28. The minimum absolute atomic E-state index is 0.0846. The van der Waals surface area contributed by atoms with E-state index >= 15 is 0 Å². The summed E-state index contributed by atoms with van der Waals surface area (Å²) in [7, 11) is 3.99. The monoisotopic (exact) mass is 241 g/mol. The molecule has 3 atom stereocenters. The van der Waals surface area contributed by atoms with Crippen LogP contribution in [0.3, 0.4) is 0 Å². The standard InChI is InChI=1S/C15H31NO/c1-12(2)8-9-14(16-4)15(17-5)10-6-7-13(3)11-15/h12-14,16H,6-11H2,1-5H3. The maximum absolute atomic E-state index is 5.97. The lowest BCUT2D eigenvalue weighted by molar-refractivity contribution is -0.0802. The quantitative estimate of drug-likeness (QED) is 0.767. The van der Waals surface area contributed by atoms with E-state index < -0.39 is 0 Å². The van der Waals surface area contributed by atoms with Gasteiger partial charge in [-0.05, 0) is 44.6 Å². The Bertz CT molecular complexity index is 217. The van der Waals surface area contributed by atoms with Gasteiger partial charge in [-0.2, -0.15) is 0 Å². The summed E-state index contributed by atoms with van der Waals surface area (Å²) < 4.78 is 5.97. The van der Waals surface area contributed by atoms with Gasteiger partial charge < -0.3 is 10.1 Å². The molecule has 1 N–H and O–H groups in total. The fourth-order valence-electron chi connectivity index (χ4n) is 3.36. The van der Waals surface area contributed by atoms with Gasteiger partial charge in [0, 0.05) is 13.2 Å². The molecule has 1 rings (SSSR count). The Morgan fingerprint density at radius 1 is 1.35 bits per heavy atom. The fourth-order valence-corrected chi connectivity index (χ4v) is 3.36. The molecule has 0 aromatic carbocycles. The van der Waals surface area contributed by atoms with Gasteiger partial charge in [0.2, 0.25) is 0 Å². The number of hydrogen-bond acceptors (Lipinski definition) is 2. The summed E-state index contributed by atoms with van der Waals surface area (Å²) in [6, 6.07) is 0.512. The van der Waals surface area contributed by atoms with Gasteiger partial charge in [0.1, 0.15) is 0 Å². The number of ether oxygens (including phenoxy) is 1. The van der Waals surface area contributed by atoms with Crippen LogP contribution in [0.5, 0.6) is 0 Å². The van der Waals surface area contributed by atoms with Gasteiger partial charge in [-0.3, -0.25) is 0 Å². The number of methoxy groups -OCH3 is 1. The van der Waals surface area contributed by atoms with Crippen molar-refractivity contribution in [3.63, 3.8) is 0 Å². The first-order chi connectivity index (χ1) is 8.04. The van der Waals surface area contributed by atoms with Gasteiger partial charge in [-0.15, -0.1) is 0 Å². The molecule has 0 amide bonds. The van der Waals surface area contributed by atoms with E-state index in [-0.39, 0.29) is 5.60 Å². The van der Waals surface area contributed by atoms with Crippen LogP contribution in [-0.2, 0) is 4.74 Å². The van der Waals surface area contributed by atoms with Crippen molar-refractivity contribution in [3.8, 4) is 0 Å². The average Bonchev–Trinajstić information content (AvgIpc) is 2.29. The Kier molecular flexibility index (Phi) is 5.94. The van der Waals surface area contributed by atoms with Crippen molar-refractivity contribution in [1.29, 1.82) is 0 Å². The van der Waals surface area contributed by atoms with Gasteiger partial charge in [0.05, 0.1) is 5.60 Å². The zero-order chi connectivity index (χ0) is 12.9. The highest BCUT2D eigenvalue weighted by molar-refractivity contribution is 4.96. The molecule has 1 fully saturated rings. The van der Waals surface area contributed by atoms with E-state index in [4.69, 9.17) is 4.74 Å². The molecule has 0 spiro atoms. The first kappa shape index (κ1) is 15.0. The lowest BCUT2D eigenvalue weighted by Crippen LogP contribution is -2.53. The van der Waals surface area contributed by atoms with E-state index in [1.165, 1.54) is 38.5 Å². The highest BCUT2D eigenvalue weighted by Crippen LogP contribution is 2.38. The second-order valence-electron chi connectivity index (χ2n) is 6.28.